The Hall–Kier alpha value is -2.67. The zero-order valence-corrected chi connectivity index (χ0v) is 15.5. The van der Waals surface area contributed by atoms with E-state index in [2.05, 4.69) is 51.1 Å². The molecular formula is C19H20N6S. The molecule has 0 bridgehead atoms. The van der Waals surface area contributed by atoms with E-state index in [9.17, 15) is 0 Å². The molecular weight excluding hydrogens is 344 g/mol. The fourth-order valence-electron chi connectivity index (χ4n) is 3.52. The largest absolute Gasteiger partial charge is 0.352 e. The predicted octanol–water partition coefficient (Wildman–Crippen LogP) is 3.23. The normalized spacial score (nSPS) is 15.3. The Balaban J connectivity index is 1.35. The van der Waals surface area contributed by atoms with E-state index in [0.29, 0.717) is 0 Å². The molecule has 1 aromatic carbocycles. The molecule has 4 heterocycles. The van der Waals surface area contributed by atoms with Gasteiger partial charge in [-0.05, 0) is 30.2 Å². The van der Waals surface area contributed by atoms with Crippen LogP contribution in [0, 0.1) is 0 Å². The van der Waals surface area contributed by atoms with Crippen molar-refractivity contribution in [3.8, 4) is 0 Å². The van der Waals surface area contributed by atoms with Crippen molar-refractivity contribution >= 4 is 38.2 Å². The second-order valence-electron chi connectivity index (χ2n) is 6.51. The number of hydrogen-bond donors (Lipinski definition) is 0. The number of para-hydroxylation sites is 1. The van der Waals surface area contributed by atoms with Crippen LogP contribution in [0.4, 0.5) is 10.9 Å². The van der Waals surface area contributed by atoms with Gasteiger partial charge < -0.3 is 9.80 Å². The van der Waals surface area contributed by atoms with Gasteiger partial charge in [0.25, 0.3) is 0 Å². The first-order chi connectivity index (χ1) is 12.8. The van der Waals surface area contributed by atoms with E-state index in [-0.39, 0.29) is 0 Å². The standard InChI is InChI=1S/C19H20N6S/c1-2-14-4-3-5-15-18(14)21-19(26-15)24-12-10-23(11-13-24)17-7-6-16-20-8-9-25(16)22-17/h3-9H,2,10-13H2,1H3. The molecule has 132 valence electrons. The molecule has 0 aliphatic carbocycles. The number of thiazole rings is 1. The number of fused-ring (bicyclic) bond motifs is 2. The minimum atomic E-state index is 0.883. The monoisotopic (exact) mass is 364 g/mol. The number of imidazole rings is 1. The van der Waals surface area contributed by atoms with Gasteiger partial charge in [-0.2, -0.15) is 0 Å². The quantitative estimate of drug-likeness (QED) is 0.559. The Bertz CT molecular complexity index is 1060. The van der Waals surface area contributed by atoms with Crippen LogP contribution >= 0.6 is 11.3 Å². The van der Waals surface area contributed by atoms with E-state index in [1.165, 1.54) is 15.8 Å². The molecule has 0 atom stereocenters. The van der Waals surface area contributed by atoms with Gasteiger partial charge in [-0.15, -0.1) is 5.10 Å². The number of rotatable bonds is 3. The number of nitrogens with zero attached hydrogens (tertiary/aromatic N) is 6. The smallest absolute Gasteiger partial charge is 0.186 e. The van der Waals surface area contributed by atoms with Gasteiger partial charge in [-0.1, -0.05) is 30.4 Å². The molecule has 6 nitrogen and oxygen atoms in total. The van der Waals surface area contributed by atoms with Crippen LogP contribution in [0.1, 0.15) is 12.5 Å². The topological polar surface area (TPSA) is 49.6 Å². The molecule has 0 unspecified atom stereocenters. The van der Waals surface area contributed by atoms with Gasteiger partial charge >= 0.3 is 0 Å². The van der Waals surface area contributed by atoms with E-state index in [4.69, 9.17) is 4.98 Å². The number of piperazine rings is 1. The van der Waals surface area contributed by atoms with Crippen molar-refractivity contribution in [1.29, 1.82) is 0 Å². The fourth-order valence-corrected chi connectivity index (χ4v) is 4.58. The van der Waals surface area contributed by atoms with Crippen LogP contribution in [0.15, 0.2) is 42.7 Å². The Morgan fingerprint density at radius 3 is 2.73 bits per heavy atom. The van der Waals surface area contributed by atoms with Crippen LogP contribution < -0.4 is 9.80 Å². The molecule has 0 N–H and O–H groups in total. The highest BCUT2D eigenvalue weighted by Crippen LogP contribution is 2.31. The first-order valence-electron chi connectivity index (χ1n) is 9.00. The summed E-state index contributed by atoms with van der Waals surface area (Å²) in [5, 5.41) is 5.80. The second kappa shape index (κ2) is 6.25. The lowest BCUT2D eigenvalue weighted by molar-refractivity contribution is 0.641. The maximum Gasteiger partial charge on any atom is 0.186 e. The van der Waals surface area contributed by atoms with Gasteiger partial charge in [0.1, 0.15) is 5.82 Å². The van der Waals surface area contributed by atoms with Crippen molar-refractivity contribution in [2.75, 3.05) is 36.0 Å². The molecule has 1 saturated heterocycles. The summed E-state index contributed by atoms with van der Waals surface area (Å²) in [6.07, 6.45) is 4.69. The minimum Gasteiger partial charge on any atom is -0.352 e. The van der Waals surface area contributed by atoms with Gasteiger partial charge in [0.05, 0.1) is 10.2 Å². The first kappa shape index (κ1) is 15.6. The molecule has 3 aromatic heterocycles. The number of aromatic nitrogens is 4. The Morgan fingerprint density at radius 2 is 1.88 bits per heavy atom. The number of benzene rings is 1. The lowest BCUT2D eigenvalue weighted by Gasteiger charge is -2.35. The van der Waals surface area contributed by atoms with Crippen LogP contribution in [0.2, 0.25) is 0 Å². The van der Waals surface area contributed by atoms with Gasteiger partial charge in [0.2, 0.25) is 0 Å². The number of hydrogen-bond acceptors (Lipinski definition) is 6. The summed E-state index contributed by atoms with van der Waals surface area (Å²) in [7, 11) is 0. The van der Waals surface area contributed by atoms with Gasteiger partial charge in [-0.25, -0.2) is 14.5 Å². The van der Waals surface area contributed by atoms with E-state index in [0.717, 1.165) is 49.2 Å². The Kier molecular flexibility index (Phi) is 3.74. The molecule has 7 heteroatoms. The fraction of sp³-hybridized carbons (Fsp3) is 0.316. The molecule has 4 aromatic rings. The molecule has 0 saturated carbocycles. The third-order valence-electron chi connectivity index (χ3n) is 4.99. The average Bonchev–Trinajstić information content (AvgIpc) is 3.34. The summed E-state index contributed by atoms with van der Waals surface area (Å²) in [5.74, 6) is 1.01. The van der Waals surface area contributed by atoms with Crippen LogP contribution in [-0.2, 0) is 6.42 Å². The molecule has 5 rings (SSSR count). The summed E-state index contributed by atoms with van der Waals surface area (Å²) < 4.78 is 3.12. The van der Waals surface area contributed by atoms with Crippen molar-refractivity contribution in [3.05, 3.63) is 48.3 Å². The van der Waals surface area contributed by atoms with Gasteiger partial charge in [-0.3, -0.25) is 0 Å². The van der Waals surface area contributed by atoms with E-state index >= 15 is 0 Å². The minimum absolute atomic E-state index is 0.883. The highest BCUT2D eigenvalue weighted by molar-refractivity contribution is 7.22. The van der Waals surface area contributed by atoms with E-state index in [1.807, 2.05) is 16.8 Å². The number of aryl methyl sites for hydroxylation is 1. The SMILES string of the molecule is CCc1cccc2sc(N3CCN(c4ccc5nccn5n4)CC3)nc12. The van der Waals surface area contributed by atoms with Gasteiger partial charge in [0, 0.05) is 38.6 Å². The lowest BCUT2D eigenvalue weighted by atomic mass is 10.1. The summed E-state index contributed by atoms with van der Waals surface area (Å²) >= 11 is 1.80. The molecule has 1 aliphatic heterocycles. The van der Waals surface area contributed by atoms with Crippen molar-refractivity contribution in [3.63, 3.8) is 0 Å². The zero-order chi connectivity index (χ0) is 17.5. The average molecular weight is 364 g/mol. The van der Waals surface area contributed by atoms with E-state index in [1.54, 1.807) is 17.5 Å². The molecule has 1 aliphatic rings. The van der Waals surface area contributed by atoms with Gasteiger partial charge in [0.15, 0.2) is 10.8 Å². The highest BCUT2D eigenvalue weighted by Gasteiger charge is 2.21. The maximum absolute atomic E-state index is 4.94. The van der Waals surface area contributed by atoms with Crippen LogP contribution in [-0.4, -0.2) is 45.8 Å². The molecule has 1 fully saturated rings. The Labute approximate surface area is 155 Å². The van der Waals surface area contributed by atoms with E-state index < -0.39 is 0 Å². The highest BCUT2D eigenvalue weighted by atomic mass is 32.1. The molecule has 0 radical (unpaired) electrons. The van der Waals surface area contributed by atoms with Crippen molar-refractivity contribution in [1.82, 2.24) is 19.6 Å². The third kappa shape index (κ3) is 2.59. The molecule has 0 amide bonds. The summed E-state index contributed by atoms with van der Waals surface area (Å²) in [5.41, 5.74) is 3.39. The summed E-state index contributed by atoms with van der Waals surface area (Å²) in [6.45, 7) is 6.01. The first-order valence-corrected chi connectivity index (χ1v) is 9.82. The number of anilines is 2. The Morgan fingerprint density at radius 1 is 1.04 bits per heavy atom. The lowest BCUT2D eigenvalue weighted by Crippen LogP contribution is -2.46. The predicted molar refractivity (Wildman–Crippen MR) is 106 cm³/mol. The summed E-state index contributed by atoms with van der Waals surface area (Å²) in [6, 6.07) is 10.6. The zero-order valence-electron chi connectivity index (χ0n) is 14.7. The van der Waals surface area contributed by atoms with Crippen molar-refractivity contribution in [2.45, 2.75) is 13.3 Å². The molecule has 0 spiro atoms. The van der Waals surface area contributed by atoms with Crippen LogP contribution in [0.25, 0.3) is 15.9 Å². The van der Waals surface area contributed by atoms with Crippen LogP contribution in [0.5, 0.6) is 0 Å². The summed E-state index contributed by atoms with van der Waals surface area (Å²) in [4.78, 5) is 13.9. The van der Waals surface area contributed by atoms with Crippen molar-refractivity contribution in [2.24, 2.45) is 0 Å². The third-order valence-corrected chi connectivity index (χ3v) is 6.07. The molecule has 26 heavy (non-hydrogen) atoms. The van der Waals surface area contributed by atoms with Crippen LogP contribution in [0.3, 0.4) is 0 Å². The maximum atomic E-state index is 4.94. The van der Waals surface area contributed by atoms with Crippen molar-refractivity contribution < 1.29 is 0 Å². The second-order valence-corrected chi connectivity index (χ2v) is 7.52.